The molecule has 0 saturated carbocycles. The van der Waals surface area contributed by atoms with Crippen molar-refractivity contribution in [3.8, 4) is 11.1 Å². The largest absolute Gasteiger partial charge is 0.466 e. The van der Waals surface area contributed by atoms with E-state index in [1.54, 1.807) is 11.2 Å². The van der Waals surface area contributed by atoms with E-state index in [0.29, 0.717) is 11.3 Å². The molecule has 0 radical (unpaired) electrons. The van der Waals surface area contributed by atoms with E-state index in [1.165, 1.54) is 0 Å². The number of furan rings is 1. The van der Waals surface area contributed by atoms with Gasteiger partial charge < -0.3 is 14.6 Å². The molecule has 0 aliphatic carbocycles. The number of nitrogens with zero attached hydrogens (tertiary/aromatic N) is 1. The molecule has 0 spiro atoms. The first kappa shape index (κ1) is 21.0. The summed E-state index contributed by atoms with van der Waals surface area (Å²) < 4.78 is 5.95. The number of hydrogen-bond acceptors (Lipinski definition) is 3. The highest BCUT2D eigenvalue weighted by Crippen LogP contribution is 2.43. The normalized spacial score (nSPS) is 15.7. The number of carbonyl (C=O) groups is 2. The predicted octanol–water partition coefficient (Wildman–Crippen LogP) is 5.71. The lowest BCUT2D eigenvalue weighted by Gasteiger charge is -2.31. The SMILES string of the molecule is CC(C)(C)NC(=O)C1c2occc2-c2c(ccc3ccccc23)C(=O)N1Cc1ccccc1. The van der Waals surface area contributed by atoms with E-state index in [2.05, 4.69) is 5.32 Å². The number of fused-ring (bicyclic) bond motifs is 5. The standard InChI is InChI=1S/C28H26N2O3/c1-28(2,3)29-26(31)24-25-21(15-16-33-25)23-20-12-8-7-11-19(20)13-14-22(23)27(32)30(24)17-18-9-5-4-6-10-18/h4-16,24H,17H2,1-3H3,(H,29,31). The molecule has 1 atom stereocenters. The molecule has 1 aliphatic heterocycles. The predicted molar refractivity (Wildman–Crippen MR) is 129 cm³/mol. The summed E-state index contributed by atoms with van der Waals surface area (Å²) in [5.41, 5.74) is 2.64. The Morgan fingerprint density at radius 1 is 0.939 bits per heavy atom. The first-order chi connectivity index (χ1) is 15.8. The number of rotatable bonds is 3. The molecule has 166 valence electrons. The Morgan fingerprint density at radius 3 is 2.42 bits per heavy atom. The summed E-state index contributed by atoms with van der Waals surface area (Å²) in [5, 5.41) is 5.05. The highest BCUT2D eigenvalue weighted by atomic mass is 16.3. The van der Waals surface area contributed by atoms with Gasteiger partial charge >= 0.3 is 0 Å². The summed E-state index contributed by atoms with van der Waals surface area (Å²) in [6, 6.07) is 22.5. The first-order valence-corrected chi connectivity index (χ1v) is 11.1. The van der Waals surface area contributed by atoms with E-state index in [-0.39, 0.29) is 18.4 Å². The minimum absolute atomic E-state index is 0.194. The van der Waals surface area contributed by atoms with Crippen molar-refractivity contribution in [2.45, 2.75) is 38.9 Å². The summed E-state index contributed by atoms with van der Waals surface area (Å²) >= 11 is 0. The second-order valence-electron chi connectivity index (χ2n) is 9.47. The van der Waals surface area contributed by atoms with Crippen LogP contribution < -0.4 is 5.32 Å². The van der Waals surface area contributed by atoms with Crippen molar-refractivity contribution in [2.24, 2.45) is 0 Å². The van der Waals surface area contributed by atoms with Crippen molar-refractivity contribution in [3.63, 3.8) is 0 Å². The number of hydrogen-bond donors (Lipinski definition) is 1. The van der Waals surface area contributed by atoms with Gasteiger partial charge in [-0.05, 0) is 49.2 Å². The lowest BCUT2D eigenvalue weighted by atomic mass is 9.93. The highest BCUT2D eigenvalue weighted by molar-refractivity contribution is 6.12. The topological polar surface area (TPSA) is 62.6 Å². The van der Waals surface area contributed by atoms with Gasteiger partial charge in [0, 0.05) is 28.8 Å². The molecule has 0 saturated heterocycles. The van der Waals surface area contributed by atoms with Gasteiger partial charge in [0.25, 0.3) is 11.8 Å². The molecule has 33 heavy (non-hydrogen) atoms. The third-order valence-corrected chi connectivity index (χ3v) is 5.89. The minimum Gasteiger partial charge on any atom is -0.466 e. The molecule has 1 aliphatic rings. The van der Waals surface area contributed by atoms with Crippen LogP contribution in [0, 0.1) is 0 Å². The van der Waals surface area contributed by atoms with Gasteiger partial charge in [-0.1, -0.05) is 60.7 Å². The van der Waals surface area contributed by atoms with Gasteiger partial charge in [0.1, 0.15) is 5.76 Å². The zero-order valence-corrected chi connectivity index (χ0v) is 19.0. The summed E-state index contributed by atoms with van der Waals surface area (Å²) in [6.07, 6.45) is 1.60. The zero-order chi connectivity index (χ0) is 23.2. The Balaban J connectivity index is 1.75. The van der Waals surface area contributed by atoms with Gasteiger partial charge in [-0.15, -0.1) is 0 Å². The van der Waals surface area contributed by atoms with E-state index >= 15 is 0 Å². The van der Waals surface area contributed by atoms with Crippen LogP contribution in [0.15, 0.2) is 83.5 Å². The van der Waals surface area contributed by atoms with Crippen molar-refractivity contribution >= 4 is 22.6 Å². The first-order valence-electron chi connectivity index (χ1n) is 11.1. The van der Waals surface area contributed by atoms with E-state index in [9.17, 15) is 9.59 Å². The molecule has 0 bridgehead atoms. The molecule has 5 nitrogen and oxygen atoms in total. The molecule has 3 aromatic carbocycles. The van der Waals surface area contributed by atoms with Crippen LogP contribution in [0.1, 0.15) is 48.5 Å². The van der Waals surface area contributed by atoms with Crippen LogP contribution in [0.2, 0.25) is 0 Å². The van der Waals surface area contributed by atoms with Crippen LogP contribution in [0.3, 0.4) is 0 Å². The Kier molecular flexibility index (Phi) is 5.05. The molecule has 1 N–H and O–H groups in total. The average Bonchev–Trinajstić information content (AvgIpc) is 3.22. The van der Waals surface area contributed by atoms with Crippen molar-refractivity contribution < 1.29 is 14.0 Å². The van der Waals surface area contributed by atoms with E-state index in [4.69, 9.17) is 4.42 Å². The van der Waals surface area contributed by atoms with Gasteiger partial charge in [-0.3, -0.25) is 9.59 Å². The van der Waals surface area contributed by atoms with Crippen LogP contribution in [0.25, 0.3) is 21.9 Å². The van der Waals surface area contributed by atoms with Crippen LogP contribution >= 0.6 is 0 Å². The quantitative estimate of drug-likeness (QED) is 0.446. The average molecular weight is 439 g/mol. The fourth-order valence-corrected chi connectivity index (χ4v) is 4.53. The van der Waals surface area contributed by atoms with Crippen molar-refractivity contribution in [3.05, 3.63) is 95.9 Å². The van der Waals surface area contributed by atoms with Gasteiger partial charge in [-0.2, -0.15) is 0 Å². The fourth-order valence-electron chi connectivity index (χ4n) is 4.53. The van der Waals surface area contributed by atoms with E-state index in [0.717, 1.165) is 27.5 Å². The molecule has 1 unspecified atom stereocenters. The summed E-state index contributed by atoms with van der Waals surface area (Å²) in [4.78, 5) is 29.3. The van der Waals surface area contributed by atoms with Gasteiger partial charge in [-0.25, -0.2) is 0 Å². The fraction of sp³-hybridized carbons (Fsp3) is 0.214. The molecule has 0 fully saturated rings. The second-order valence-corrected chi connectivity index (χ2v) is 9.47. The molecule has 1 aromatic heterocycles. The maximum atomic E-state index is 14.0. The van der Waals surface area contributed by atoms with Crippen molar-refractivity contribution in [1.29, 1.82) is 0 Å². The lowest BCUT2D eigenvalue weighted by molar-refractivity contribution is -0.128. The third kappa shape index (κ3) is 3.80. The van der Waals surface area contributed by atoms with E-state index < -0.39 is 11.6 Å². The number of benzene rings is 3. The maximum absolute atomic E-state index is 14.0. The molecule has 2 amide bonds. The zero-order valence-electron chi connectivity index (χ0n) is 19.0. The number of carbonyl (C=O) groups excluding carboxylic acids is 2. The molecule has 5 heteroatoms. The summed E-state index contributed by atoms with van der Waals surface area (Å²) in [6.45, 7) is 6.07. The number of nitrogens with one attached hydrogen (secondary N) is 1. The van der Waals surface area contributed by atoms with Crippen LogP contribution in [0.4, 0.5) is 0 Å². The summed E-state index contributed by atoms with van der Waals surface area (Å²) in [5.74, 6) is 0.0243. The minimum atomic E-state index is -0.895. The Hall–Kier alpha value is -3.86. The maximum Gasteiger partial charge on any atom is 0.255 e. The second kappa shape index (κ2) is 7.93. The summed E-state index contributed by atoms with van der Waals surface area (Å²) in [7, 11) is 0. The molecular formula is C28H26N2O3. The number of amides is 2. The van der Waals surface area contributed by atoms with Crippen molar-refractivity contribution in [1.82, 2.24) is 10.2 Å². The Labute approximate surface area is 193 Å². The Morgan fingerprint density at radius 2 is 1.67 bits per heavy atom. The van der Waals surface area contributed by atoms with E-state index in [1.807, 2.05) is 93.6 Å². The molecule has 2 heterocycles. The van der Waals surface area contributed by atoms with Gasteiger partial charge in [0.05, 0.1) is 6.26 Å². The molecule has 5 rings (SSSR count). The van der Waals surface area contributed by atoms with Gasteiger partial charge in [0.2, 0.25) is 0 Å². The Bertz CT molecular complexity index is 1350. The van der Waals surface area contributed by atoms with Crippen molar-refractivity contribution in [2.75, 3.05) is 0 Å². The molecule has 4 aromatic rings. The monoisotopic (exact) mass is 438 g/mol. The smallest absolute Gasteiger partial charge is 0.255 e. The van der Waals surface area contributed by atoms with Crippen LogP contribution in [-0.2, 0) is 11.3 Å². The van der Waals surface area contributed by atoms with Crippen LogP contribution in [0.5, 0.6) is 0 Å². The lowest BCUT2D eigenvalue weighted by Crippen LogP contribution is -2.48. The van der Waals surface area contributed by atoms with Crippen LogP contribution in [-0.4, -0.2) is 22.3 Å². The third-order valence-electron chi connectivity index (χ3n) is 5.89. The van der Waals surface area contributed by atoms with Gasteiger partial charge in [0.15, 0.2) is 6.04 Å². The molecular weight excluding hydrogens is 412 g/mol. The highest BCUT2D eigenvalue weighted by Gasteiger charge is 2.41.